The van der Waals surface area contributed by atoms with E-state index < -0.39 is 20.7 Å². The van der Waals surface area contributed by atoms with E-state index in [0.29, 0.717) is 52.4 Å². The molecule has 0 aliphatic carbocycles. The Hall–Kier alpha value is -1.76. The summed E-state index contributed by atoms with van der Waals surface area (Å²) in [6, 6.07) is 8.39. The summed E-state index contributed by atoms with van der Waals surface area (Å²) >= 11 is 0. The van der Waals surface area contributed by atoms with Gasteiger partial charge in [-0.3, -0.25) is 10.0 Å². The smallest absolute Gasteiger partial charge is 0.266 e. The molecule has 10 nitrogen and oxygen atoms in total. The number of likely N-dealkylation sites (tertiary alicyclic amines) is 1. The van der Waals surface area contributed by atoms with Gasteiger partial charge < -0.3 is 19.3 Å². The van der Waals surface area contributed by atoms with Gasteiger partial charge in [-0.25, -0.2) is 13.9 Å². The fraction of sp³-hybridized carbons (Fsp3) is 0.708. The Morgan fingerprint density at radius 1 is 1.06 bits per heavy atom. The zero-order valence-corrected chi connectivity index (χ0v) is 21.8. The van der Waals surface area contributed by atoms with Gasteiger partial charge in [-0.05, 0) is 50.3 Å². The average molecular weight is 513 g/mol. The van der Waals surface area contributed by atoms with Crippen LogP contribution >= 0.6 is 0 Å². The number of carbonyl (C=O) groups is 1. The maximum Gasteiger partial charge on any atom is 0.266 e. The van der Waals surface area contributed by atoms with E-state index >= 15 is 0 Å². The summed E-state index contributed by atoms with van der Waals surface area (Å²) in [4.78, 5) is 17.0. The van der Waals surface area contributed by atoms with Crippen LogP contribution in [0.25, 0.3) is 0 Å². The highest BCUT2D eigenvalue weighted by Crippen LogP contribution is 2.34. The van der Waals surface area contributed by atoms with Crippen LogP contribution in [0.15, 0.2) is 24.3 Å². The summed E-state index contributed by atoms with van der Waals surface area (Å²) in [6.45, 7) is 7.29. The Morgan fingerprint density at radius 2 is 1.71 bits per heavy atom. The summed E-state index contributed by atoms with van der Waals surface area (Å²) in [7, 11) is -2.34. The first-order valence-corrected chi connectivity index (χ1v) is 13.9. The van der Waals surface area contributed by atoms with E-state index in [1.54, 1.807) is 12.6 Å². The maximum atomic E-state index is 13.7. The molecule has 0 radical (unpaired) electrons. The average Bonchev–Trinajstić information content (AvgIpc) is 2.90. The number of amides is 1. The fourth-order valence-corrected chi connectivity index (χ4v) is 7.01. The van der Waals surface area contributed by atoms with Crippen molar-refractivity contribution >= 4 is 21.6 Å². The van der Waals surface area contributed by atoms with Crippen molar-refractivity contribution in [1.29, 1.82) is 0 Å². The largest absolute Gasteiger partial charge is 0.383 e. The molecule has 0 aromatic heterocycles. The lowest BCUT2D eigenvalue weighted by Crippen LogP contribution is -2.63. The van der Waals surface area contributed by atoms with Gasteiger partial charge in [0, 0.05) is 71.8 Å². The molecule has 0 unspecified atom stereocenters. The SMILES string of the molecule is CCOCCCc1ccc(N2CCN(S(=O)(=O)C3(C(=O)NO)CCN(CCOC)CC3)CC2)cc1. The second-order valence-electron chi connectivity index (χ2n) is 9.13. The van der Waals surface area contributed by atoms with Crippen LogP contribution in [0.3, 0.4) is 0 Å². The Kier molecular flexibility index (Phi) is 10.3. The lowest BCUT2D eigenvalue weighted by Gasteiger charge is -2.44. The second kappa shape index (κ2) is 13.0. The number of piperidine rings is 1. The number of nitrogens with one attached hydrogen (secondary N) is 1. The van der Waals surface area contributed by atoms with Gasteiger partial charge in [0.1, 0.15) is 0 Å². The molecule has 0 atom stereocenters. The lowest BCUT2D eigenvalue weighted by molar-refractivity contribution is -0.133. The van der Waals surface area contributed by atoms with Gasteiger partial charge >= 0.3 is 0 Å². The predicted molar refractivity (Wildman–Crippen MR) is 134 cm³/mol. The highest BCUT2D eigenvalue weighted by atomic mass is 32.2. The Labute approximate surface area is 209 Å². The standard InChI is InChI=1S/C24H40N4O6S/c1-3-34-19-4-5-21-6-8-22(9-7-21)27-14-16-28(17-15-27)35(31,32)24(23(29)25-30)10-12-26(13-11-24)18-20-33-2/h6-9,30H,3-5,10-20H2,1-2H3,(H,25,29). The third kappa shape index (κ3) is 6.52. The van der Waals surface area contributed by atoms with E-state index in [4.69, 9.17) is 9.47 Å². The van der Waals surface area contributed by atoms with Crippen molar-refractivity contribution in [2.24, 2.45) is 0 Å². The lowest BCUT2D eigenvalue weighted by atomic mass is 9.95. The van der Waals surface area contributed by atoms with E-state index in [9.17, 15) is 18.4 Å². The summed E-state index contributed by atoms with van der Waals surface area (Å²) in [5, 5.41) is 9.38. The number of piperazine rings is 1. The first-order valence-electron chi connectivity index (χ1n) is 12.4. The van der Waals surface area contributed by atoms with E-state index in [2.05, 4.69) is 34.1 Å². The number of carbonyl (C=O) groups excluding carboxylic acids is 1. The van der Waals surface area contributed by atoms with Crippen molar-refractivity contribution in [3.8, 4) is 0 Å². The van der Waals surface area contributed by atoms with E-state index in [1.165, 1.54) is 9.87 Å². The van der Waals surface area contributed by atoms with Crippen LogP contribution in [0.1, 0.15) is 31.7 Å². The number of aryl methyl sites for hydroxylation is 1. The highest BCUT2D eigenvalue weighted by molar-refractivity contribution is 7.91. The predicted octanol–water partition coefficient (Wildman–Crippen LogP) is 1.09. The minimum Gasteiger partial charge on any atom is -0.383 e. The number of rotatable bonds is 12. The van der Waals surface area contributed by atoms with Gasteiger partial charge in [0.25, 0.3) is 5.91 Å². The third-order valence-electron chi connectivity index (χ3n) is 7.12. The molecule has 2 N–H and O–H groups in total. The molecule has 2 saturated heterocycles. The molecule has 1 aromatic carbocycles. The van der Waals surface area contributed by atoms with Crippen molar-refractivity contribution < 1.29 is 27.9 Å². The van der Waals surface area contributed by atoms with Crippen LogP contribution in [0, 0.1) is 0 Å². The maximum absolute atomic E-state index is 13.7. The molecule has 0 bridgehead atoms. The van der Waals surface area contributed by atoms with Crippen LogP contribution in [-0.4, -0.2) is 106 Å². The number of anilines is 1. The quantitative estimate of drug-likeness (QED) is 0.243. The van der Waals surface area contributed by atoms with Crippen LogP contribution in [0.4, 0.5) is 5.69 Å². The molecule has 3 rings (SSSR count). The normalized spacial score (nSPS) is 19.6. The topological polar surface area (TPSA) is 112 Å². The fourth-order valence-electron chi connectivity index (χ4n) is 4.89. The minimum absolute atomic E-state index is 0.135. The molecular weight excluding hydrogens is 472 g/mol. The zero-order valence-electron chi connectivity index (χ0n) is 20.9. The van der Waals surface area contributed by atoms with Gasteiger partial charge in [0.05, 0.1) is 6.61 Å². The summed E-state index contributed by atoms with van der Waals surface area (Å²) in [6.07, 6.45) is 2.22. The van der Waals surface area contributed by atoms with Gasteiger partial charge in [-0.2, -0.15) is 4.31 Å². The van der Waals surface area contributed by atoms with Crippen molar-refractivity contribution in [3.05, 3.63) is 29.8 Å². The number of sulfonamides is 1. The van der Waals surface area contributed by atoms with Crippen LogP contribution in [-0.2, 0) is 30.7 Å². The number of ether oxygens (including phenoxy) is 2. The highest BCUT2D eigenvalue weighted by Gasteiger charge is 2.55. The molecule has 2 aliphatic heterocycles. The molecule has 2 aliphatic rings. The molecule has 35 heavy (non-hydrogen) atoms. The molecule has 198 valence electrons. The molecule has 11 heteroatoms. The molecule has 1 aromatic rings. The first kappa shape index (κ1) is 27.8. The number of hydrogen-bond acceptors (Lipinski definition) is 8. The van der Waals surface area contributed by atoms with Crippen LogP contribution < -0.4 is 10.4 Å². The van der Waals surface area contributed by atoms with Gasteiger partial charge in [-0.1, -0.05) is 12.1 Å². The number of benzene rings is 1. The van der Waals surface area contributed by atoms with E-state index in [0.717, 1.165) is 31.7 Å². The van der Waals surface area contributed by atoms with E-state index in [1.807, 2.05) is 6.92 Å². The monoisotopic (exact) mass is 512 g/mol. The molecule has 0 spiro atoms. The first-order chi connectivity index (χ1) is 16.9. The number of methoxy groups -OCH3 is 1. The van der Waals surface area contributed by atoms with Crippen LogP contribution in [0.2, 0.25) is 0 Å². The molecule has 2 fully saturated rings. The number of nitrogens with zero attached hydrogens (tertiary/aromatic N) is 3. The summed E-state index contributed by atoms with van der Waals surface area (Å²) in [5.41, 5.74) is 3.95. The summed E-state index contributed by atoms with van der Waals surface area (Å²) in [5.74, 6) is -0.841. The second-order valence-corrected chi connectivity index (χ2v) is 11.4. The number of hydroxylamine groups is 1. The number of hydrogen-bond donors (Lipinski definition) is 2. The molecule has 1 amide bonds. The van der Waals surface area contributed by atoms with Gasteiger partial charge in [0.15, 0.2) is 4.75 Å². The zero-order chi connectivity index (χ0) is 25.3. The molecular formula is C24H40N4O6S. The Morgan fingerprint density at radius 3 is 2.29 bits per heavy atom. The van der Waals surface area contributed by atoms with E-state index in [-0.39, 0.29) is 12.8 Å². The Bertz CT molecular complexity index is 895. The van der Waals surface area contributed by atoms with Crippen molar-refractivity contribution in [2.75, 3.05) is 77.6 Å². The third-order valence-corrected chi connectivity index (χ3v) is 9.75. The van der Waals surface area contributed by atoms with Gasteiger partial charge in [-0.15, -0.1) is 0 Å². The Balaban J connectivity index is 1.61. The minimum atomic E-state index is -3.96. The van der Waals surface area contributed by atoms with Crippen LogP contribution in [0.5, 0.6) is 0 Å². The van der Waals surface area contributed by atoms with Crippen molar-refractivity contribution in [1.82, 2.24) is 14.7 Å². The molecule has 2 heterocycles. The van der Waals surface area contributed by atoms with Gasteiger partial charge in [0.2, 0.25) is 10.0 Å². The molecule has 0 saturated carbocycles. The summed E-state index contributed by atoms with van der Waals surface area (Å²) < 4.78 is 37.7. The van der Waals surface area contributed by atoms with Crippen molar-refractivity contribution in [2.45, 2.75) is 37.4 Å². The van der Waals surface area contributed by atoms with Crippen molar-refractivity contribution in [3.63, 3.8) is 0 Å².